The number of amides is 1. The van der Waals surface area contributed by atoms with E-state index in [4.69, 9.17) is 4.74 Å². The quantitative estimate of drug-likeness (QED) is 0.243. The fourth-order valence-electron chi connectivity index (χ4n) is 3.39. The zero-order valence-electron chi connectivity index (χ0n) is 19.2. The third kappa shape index (κ3) is 17.3. The highest BCUT2D eigenvalue weighted by atomic mass is 16.5. The van der Waals surface area contributed by atoms with E-state index in [0.717, 1.165) is 38.2 Å². The monoisotopic (exact) mass is 383 g/mol. The Morgan fingerprint density at radius 1 is 0.852 bits per heavy atom. The zero-order chi connectivity index (χ0) is 20.3. The van der Waals surface area contributed by atoms with Crippen molar-refractivity contribution in [3.8, 4) is 0 Å². The van der Waals surface area contributed by atoms with Crippen molar-refractivity contribution in [3.63, 3.8) is 0 Å². The summed E-state index contributed by atoms with van der Waals surface area (Å²) in [7, 11) is 0. The molecule has 0 aromatic rings. The third-order valence-corrected chi connectivity index (χ3v) is 5.65. The molecule has 0 aliphatic rings. The van der Waals surface area contributed by atoms with Crippen molar-refractivity contribution in [1.82, 2.24) is 5.32 Å². The minimum absolute atomic E-state index is 0.199. The van der Waals surface area contributed by atoms with Crippen LogP contribution >= 0.6 is 0 Å². The molecule has 27 heavy (non-hydrogen) atoms. The van der Waals surface area contributed by atoms with Crippen LogP contribution in [0, 0.1) is 5.92 Å². The van der Waals surface area contributed by atoms with Crippen LogP contribution in [0.15, 0.2) is 0 Å². The molecule has 3 atom stereocenters. The normalized spacial score (nSPS) is 14.7. The largest absolute Gasteiger partial charge is 0.378 e. The average molecular weight is 384 g/mol. The molecule has 1 amide bonds. The molecule has 0 aliphatic heterocycles. The Balaban J connectivity index is 3.68. The van der Waals surface area contributed by atoms with Crippen molar-refractivity contribution in [2.75, 3.05) is 6.61 Å². The second-order valence-electron chi connectivity index (χ2n) is 8.49. The first-order valence-corrected chi connectivity index (χ1v) is 11.9. The molecule has 162 valence electrons. The van der Waals surface area contributed by atoms with Crippen LogP contribution in [0.3, 0.4) is 0 Å². The number of hydrogen-bond acceptors (Lipinski definition) is 2. The summed E-state index contributed by atoms with van der Waals surface area (Å²) >= 11 is 0. The van der Waals surface area contributed by atoms with Crippen LogP contribution in [-0.2, 0) is 9.53 Å². The molecule has 0 fully saturated rings. The predicted molar refractivity (Wildman–Crippen MR) is 118 cm³/mol. The lowest BCUT2D eigenvalue weighted by Gasteiger charge is -2.22. The minimum Gasteiger partial charge on any atom is -0.378 e. The second-order valence-corrected chi connectivity index (χ2v) is 8.49. The third-order valence-electron chi connectivity index (χ3n) is 5.65. The number of nitrogens with one attached hydrogen (secondary N) is 1. The summed E-state index contributed by atoms with van der Waals surface area (Å²) in [6.45, 7) is 11.9. The number of unbranched alkanes of at least 4 members (excludes halogenated alkanes) is 8. The van der Waals surface area contributed by atoms with Gasteiger partial charge in [0.15, 0.2) is 0 Å². The van der Waals surface area contributed by atoms with Crippen LogP contribution in [0.2, 0.25) is 0 Å². The van der Waals surface area contributed by atoms with Gasteiger partial charge in [0.05, 0.1) is 6.10 Å². The molecule has 0 aliphatic carbocycles. The molecule has 3 nitrogen and oxygen atoms in total. The first-order chi connectivity index (χ1) is 13.0. The lowest BCUT2D eigenvalue weighted by molar-refractivity contribution is -0.122. The summed E-state index contributed by atoms with van der Waals surface area (Å²) < 4.78 is 6.03. The van der Waals surface area contributed by atoms with Crippen molar-refractivity contribution in [2.45, 2.75) is 137 Å². The van der Waals surface area contributed by atoms with E-state index in [0.29, 0.717) is 6.42 Å². The molecular weight excluding hydrogens is 334 g/mol. The number of ether oxygens (including phenoxy) is 1. The van der Waals surface area contributed by atoms with Gasteiger partial charge in [-0.15, -0.1) is 0 Å². The highest BCUT2D eigenvalue weighted by Crippen LogP contribution is 2.13. The van der Waals surface area contributed by atoms with Crippen LogP contribution < -0.4 is 5.32 Å². The van der Waals surface area contributed by atoms with Crippen molar-refractivity contribution in [2.24, 2.45) is 5.92 Å². The lowest BCUT2D eigenvalue weighted by Crippen LogP contribution is -2.35. The van der Waals surface area contributed by atoms with Gasteiger partial charge in [-0.3, -0.25) is 4.79 Å². The van der Waals surface area contributed by atoms with E-state index in [1.165, 1.54) is 57.8 Å². The molecular formula is C24H49NO2. The van der Waals surface area contributed by atoms with Gasteiger partial charge in [-0.1, -0.05) is 85.5 Å². The Kier molecular flexibility index (Phi) is 18.4. The van der Waals surface area contributed by atoms with Gasteiger partial charge in [-0.25, -0.2) is 0 Å². The Hall–Kier alpha value is -0.570. The van der Waals surface area contributed by atoms with Gasteiger partial charge >= 0.3 is 0 Å². The van der Waals surface area contributed by atoms with Gasteiger partial charge in [0.1, 0.15) is 0 Å². The summed E-state index contributed by atoms with van der Waals surface area (Å²) in [6, 6.07) is 0.199. The maximum absolute atomic E-state index is 12.1. The first kappa shape index (κ1) is 26.4. The number of carbonyl (C=O) groups excluding carboxylic acids is 1. The molecule has 0 aromatic heterocycles. The Morgan fingerprint density at radius 3 is 2.00 bits per heavy atom. The SMILES string of the molecule is CCCCCCCCCCCC(=O)NC(C)CC(CC)OCCC(C)CC. The Labute approximate surface area is 170 Å². The van der Waals surface area contributed by atoms with Crippen LogP contribution in [0.1, 0.15) is 125 Å². The van der Waals surface area contributed by atoms with E-state index in [9.17, 15) is 4.79 Å². The van der Waals surface area contributed by atoms with Crippen molar-refractivity contribution in [1.29, 1.82) is 0 Å². The summed E-state index contributed by atoms with van der Waals surface area (Å²) in [5, 5.41) is 3.16. The van der Waals surface area contributed by atoms with Crippen LogP contribution in [-0.4, -0.2) is 24.7 Å². The van der Waals surface area contributed by atoms with E-state index < -0.39 is 0 Å². The number of carbonyl (C=O) groups is 1. The molecule has 3 unspecified atom stereocenters. The summed E-state index contributed by atoms with van der Waals surface area (Å²) in [6.07, 6.45) is 16.8. The van der Waals surface area contributed by atoms with Crippen molar-refractivity contribution < 1.29 is 9.53 Å². The van der Waals surface area contributed by atoms with E-state index >= 15 is 0 Å². The van der Waals surface area contributed by atoms with Gasteiger partial charge in [-0.05, 0) is 38.5 Å². The van der Waals surface area contributed by atoms with Crippen molar-refractivity contribution in [3.05, 3.63) is 0 Å². The van der Waals surface area contributed by atoms with E-state index in [1.54, 1.807) is 0 Å². The van der Waals surface area contributed by atoms with Crippen LogP contribution in [0.4, 0.5) is 0 Å². The van der Waals surface area contributed by atoms with Crippen LogP contribution in [0.25, 0.3) is 0 Å². The fourth-order valence-corrected chi connectivity index (χ4v) is 3.39. The van der Waals surface area contributed by atoms with Gasteiger partial charge in [0, 0.05) is 19.1 Å². The number of rotatable bonds is 19. The Bertz CT molecular complexity index is 332. The standard InChI is InChI=1S/C24H49NO2/c1-6-9-10-11-12-13-14-15-16-17-24(26)25-22(5)20-23(8-3)27-19-18-21(4)7-2/h21-23H,6-20H2,1-5H3,(H,25,26). The summed E-state index contributed by atoms with van der Waals surface area (Å²) in [5.41, 5.74) is 0. The Morgan fingerprint density at radius 2 is 1.44 bits per heavy atom. The predicted octanol–water partition coefficient (Wildman–Crippen LogP) is 7.03. The smallest absolute Gasteiger partial charge is 0.220 e. The molecule has 0 aromatic carbocycles. The first-order valence-electron chi connectivity index (χ1n) is 11.9. The molecule has 0 radical (unpaired) electrons. The van der Waals surface area contributed by atoms with Gasteiger partial charge in [0.2, 0.25) is 5.91 Å². The van der Waals surface area contributed by atoms with E-state index in [-0.39, 0.29) is 18.1 Å². The van der Waals surface area contributed by atoms with Gasteiger partial charge in [-0.2, -0.15) is 0 Å². The average Bonchev–Trinajstić information content (AvgIpc) is 2.65. The number of hydrogen-bond donors (Lipinski definition) is 1. The molecule has 0 bridgehead atoms. The highest BCUT2D eigenvalue weighted by Gasteiger charge is 2.14. The molecule has 1 N–H and O–H groups in total. The van der Waals surface area contributed by atoms with Crippen molar-refractivity contribution >= 4 is 5.91 Å². The van der Waals surface area contributed by atoms with Crippen LogP contribution in [0.5, 0.6) is 0 Å². The molecule has 0 heterocycles. The molecule has 0 spiro atoms. The zero-order valence-corrected chi connectivity index (χ0v) is 19.2. The van der Waals surface area contributed by atoms with Gasteiger partial charge in [0.25, 0.3) is 0 Å². The van der Waals surface area contributed by atoms with Gasteiger partial charge < -0.3 is 10.1 Å². The summed E-state index contributed by atoms with van der Waals surface area (Å²) in [5.74, 6) is 0.941. The highest BCUT2D eigenvalue weighted by molar-refractivity contribution is 5.76. The van der Waals surface area contributed by atoms with E-state index in [1.807, 2.05) is 0 Å². The molecule has 0 rings (SSSR count). The molecule has 3 heteroatoms. The lowest BCUT2D eigenvalue weighted by atomic mass is 10.1. The maximum atomic E-state index is 12.1. The molecule has 0 saturated carbocycles. The summed E-state index contributed by atoms with van der Waals surface area (Å²) in [4.78, 5) is 12.1. The molecule has 0 saturated heterocycles. The van der Waals surface area contributed by atoms with E-state index in [2.05, 4.69) is 39.9 Å². The fraction of sp³-hybridized carbons (Fsp3) is 0.958. The maximum Gasteiger partial charge on any atom is 0.220 e. The minimum atomic E-state index is 0.199. The topological polar surface area (TPSA) is 38.3 Å². The second kappa shape index (κ2) is 18.8.